The number of hydrogen-bond acceptors (Lipinski definition) is 4. The van der Waals surface area contributed by atoms with Crippen molar-refractivity contribution in [1.82, 2.24) is 9.62 Å². The van der Waals surface area contributed by atoms with Crippen molar-refractivity contribution in [3.8, 4) is 0 Å². The zero-order valence-electron chi connectivity index (χ0n) is 12.6. The number of hydrogen-bond donors (Lipinski definition) is 2. The molecule has 0 spiro atoms. The van der Waals surface area contributed by atoms with Crippen LogP contribution < -0.4 is 11.1 Å². The van der Waals surface area contributed by atoms with Crippen LogP contribution >= 0.6 is 23.2 Å². The molecule has 2 rings (SSSR count). The first kappa shape index (κ1) is 18.5. The molecule has 6 nitrogen and oxygen atoms in total. The molecule has 1 aliphatic heterocycles. The highest BCUT2D eigenvalue weighted by atomic mass is 35.5. The average Bonchev–Trinajstić information content (AvgIpc) is 2.80. The number of nitrogens with two attached hydrogens (primary N) is 1. The lowest BCUT2D eigenvalue weighted by Crippen LogP contribution is -2.46. The minimum atomic E-state index is -3.72. The van der Waals surface area contributed by atoms with Crippen LogP contribution in [-0.4, -0.2) is 43.8 Å². The molecule has 3 N–H and O–H groups in total. The fraction of sp³-hybridized carbons (Fsp3) is 0.500. The summed E-state index contributed by atoms with van der Waals surface area (Å²) < 4.78 is 26.6. The van der Waals surface area contributed by atoms with E-state index < -0.39 is 16.1 Å². The quantitative estimate of drug-likeness (QED) is 0.807. The zero-order chi connectivity index (χ0) is 17.2. The van der Waals surface area contributed by atoms with Gasteiger partial charge < -0.3 is 11.1 Å². The number of sulfonamides is 1. The van der Waals surface area contributed by atoms with Crippen LogP contribution in [-0.2, 0) is 20.6 Å². The molecule has 0 aliphatic carbocycles. The van der Waals surface area contributed by atoms with Gasteiger partial charge in [-0.15, -0.1) is 0 Å². The Bertz CT molecular complexity index is 676. The molecule has 1 aliphatic rings. The largest absolute Gasteiger partial charge is 0.355 e. The number of carbonyl (C=O) groups excluding carboxylic acids is 1. The maximum absolute atomic E-state index is 12.7. The van der Waals surface area contributed by atoms with E-state index in [1.54, 1.807) is 19.1 Å². The Morgan fingerprint density at radius 2 is 1.96 bits per heavy atom. The summed E-state index contributed by atoms with van der Waals surface area (Å²) in [6.07, 6.45) is 0.307. The molecular formula is C14H19Cl2N3O3S. The highest BCUT2D eigenvalue weighted by Crippen LogP contribution is 2.26. The van der Waals surface area contributed by atoms with Crippen LogP contribution in [0.2, 0.25) is 10.0 Å². The number of nitrogens with zero attached hydrogens (tertiary/aromatic N) is 1. The van der Waals surface area contributed by atoms with Crippen LogP contribution in [0.4, 0.5) is 0 Å². The van der Waals surface area contributed by atoms with Gasteiger partial charge in [0.15, 0.2) is 0 Å². The summed E-state index contributed by atoms with van der Waals surface area (Å²) in [6, 6.07) is 3.48. The van der Waals surface area contributed by atoms with Gasteiger partial charge in [-0.05, 0) is 37.1 Å². The second-order valence-corrected chi connectivity index (χ2v) is 8.30. The molecule has 0 unspecified atom stereocenters. The van der Waals surface area contributed by atoms with Crippen molar-refractivity contribution in [3.05, 3.63) is 33.8 Å². The lowest BCUT2D eigenvalue weighted by atomic mass is 10.2. The van der Waals surface area contributed by atoms with E-state index >= 15 is 0 Å². The SMILES string of the molecule is CCNC(=O)[C@@H]1C[C@H](N)CN1S(=O)(=O)Cc1cc(Cl)cc(Cl)c1. The number of rotatable bonds is 5. The predicted molar refractivity (Wildman–Crippen MR) is 90.9 cm³/mol. The van der Waals surface area contributed by atoms with Crippen LogP contribution in [0.5, 0.6) is 0 Å². The Morgan fingerprint density at radius 1 is 1.35 bits per heavy atom. The summed E-state index contributed by atoms with van der Waals surface area (Å²) in [5.41, 5.74) is 6.33. The van der Waals surface area contributed by atoms with Gasteiger partial charge in [-0.2, -0.15) is 4.31 Å². The predicted octanol–water partition coefficient (Wildman–Crippen LogP) is 1.36. The van der Waals surface area contributed by atoms with Crippen molar-refractivity contribution in [2.24, 2.45) is 5.73 Å². The number of halogens is 2. The summed E-state index contributed by atoms with van der Waals surface area (Å²) >= 11 is 11.8. The standard InChI is InChI=1S/C14H19Cl2N3O3S/c1-2-18-14(20)13-6-12(17)7-19(13)23(21,22)8-9-3-10(15)5-11(16)4-9/h3-5,12-13H,2,6-8,17H2,1H3,(H,18,20)/t12-,13-/m0/s1. The first-order valence-corrected chi connectivity index (χ1v) is 9.57. The van der Waals surface area contributed by atoms with Crippen molar-refractivity contribution in [1.29, 1.82) is 0 Å². The van der Waals surface area contributed by atoms with Crippen LogP contribution in [0.3, 0.4) is 0 Å². The molecule has 0 radical (unpaired) electrons. The molecule has 1 fully saturated rings. The van der Waals surface area contributed by atoms with Gasteiger partial charge in [0.1, 0.15) is 6.04 Å². The maximum atomic E-state index is 12.7. The van der Waals surface area contributed by atoms with Gasteiger partial charge in [0.2, 0.25) is 15.9 Å². The van der Waals surface area contributed by atoms with Gasteiger partial charge in [-0.25, -0.2) is 8.42 Å². The third-order valence-electron chi connectivity index (χ3n) is 3.57. The van der Waals surface area contributed by atoms with Gasteiger partial charge >= 0.3 is 0 Å². The van der Waals surface area contributed by atoms with Gasteiger partial charge in [-0.3, -0.25) is 4.79 Å². The molecule has 0 saturated carbocycles. The van der Waals surface area contributed by atoms with Crippen LogP contribution in [0.15, 0.2) is 18.2 Å². The number of benzene rings is 1. The molecule has 128 valence electrons. The van der Waals surface area contributed by atoms with E-state index in [0.29, 0.717) is 28.6 Å². The molecule has 0 aromatic heterocycles. The lowest BCUT2D eigenvalue weighted by molar-refractivity contribution is -0.124. The molecule has 0 bridgehead atoms. The average molecular weight is 380 g/mol. The number of likely N-dealkylation sites (N-methyl/N-ethyl adjacent to an activating group) is 1. The number of amides is 1. The normalized spacial score (nSPS) is 22.3. The first-order valence-electron chi connectivity index (χ1n) is 7.20. The van der Waals surface area contributed by atoms with E-state index in [1.807, 2.05) is 0 Å². The molecule has 1 aromatic carbocycles. The van der Waals surface area contributed by atoms with Crippen molar-refractivity contribution in [3.63, 3.8) is 0 Å². The highest BCUT2D eigenvalue weighted by Gasteiger charge is 2.41. The van der Waals surface area contributed by atoms with E-state index in [2.05, 4.69) is 5.32 Å². The minimum absolute atomic E-state index is 0.123. The van der Waals surface area contributed by atoms with Crippen LogP contribution in [0, 0.1) is 0 Å². The van der Waals surface area contributed by atoms with E-state index in [1.165, 1.54) is 10.4 Å². The number of carbonyl (C=O) groups is 1. The Kier molecular flexibility index (Phi) is 5.91. The maximum Gasteiger partial charge on any atom is 0.238 e. The molecule has 2 atom stereocenters. The fourth-order valence-electron chi connectivity index (χ4n) is 2.66. The Hall–Kier alpha value is -0.860. The zero-order valence-corrected chi connectivity index (χ0v) is 15.0. The van der Waals surface area contributed by atoms with Crippen LogP contribution in [0.1, 0.15) is 18.9 Å². The molecule has 1 aromatic rings. The van der Waals surface area contributed by atoms with E-state index in [0.717, 1.165) is 0 Å². The molecule has 23 heavy (non-hydrogen) atoms. The Labute approximate surface area is 146 Å². The summed E-state index contributed by atoms with van der Waals surface area (Å²) in [7, 11) is -3.72. The van der Waals surface area contributed by atoms with Crippen molar-refractivity contribution >= 4 is 39.1 Å². The number of nitrogens with one attached hydrogen (secondary N) is 1. The van der Waals surface area contributed by atoms with E-state index in [9.17, 15) is 13.2 Å². The van der Waals surface area contributed by atoms with Crippen molar-refractivity contribution in [2.45, 2.75) is 31.2 Å². The molecular weight excluding hydrogens is 361 g/mol. The molecule has 9 heteroatoms. The highest BCUT2D eigenvalue weighted by molar-refractivity contribution is 7.88. The van der Waals surface area contributed by atoms with Gasteiger partial charge in [0.25, 0.3) is 0 Å². The summed E-state index contributed by atoms with van der Waals surface area (Å²) in [4.78, 5) is 12.1. The monoisotopic (exact) mass is 379 g/mol. The van der Waals surface area contributed by atoms with E-state index in [4.69, 9.17) is 28.9 Å². The Balaban J connectivity index is 2.24. The molecule has 1 heterocycles. The van der Waals surface area contributed by atoms with E-state index in [-0.39, 0.29) is 24.2 Å². The minimum Gasteiger partial charge on any atom is -0.355 e. The molecule has 1 amide bonds. The smallest absolute Gasteiger partial charge is 0.238 e. The Morgan fingerprint density at radius 3 is 2.52 bits per heavy atom. The van der Waals surface area contributed by atoms with Gasteiger partial charge in [-0.1, -0.05) is 23.2 Å². The van der Waals surface area contributed by atoms with Crippen molar-refractivity contribution in [2.75, 3.05) is 13.1 Å². The van der Waals surface area contributed by atoms with Gasteiger partial charge in [0.05, 0.1) is 5.75 Å². The second-order valence-electron chi connectivity index (χ2n) is 5.51. The third-order valence-corrected chi connectivity index (χ3v) is 5.82. The van der Waals surface area contributed by atoms with Gasteiger partial charge in [0, 0.05) is 29.2 Å². The topological polar surface area (TPSA) is 92.5 Å². The lowest BCUT2D eigenvalue weighted by Gasteiger charge is -2.23. The summed E-state index contributed by atoms with van der Waals surface area (Å²) in [5.74, 6) is -0.608. The first-order chi connectivity index (χ1) is 10.7. The third kappa shape index (κ3) is 4.58. The van der Waals surface area contributed by atoms with Crippen molar-refractivity contribution < 1.29 is 13.2 Å². The summed E-state index contributed by atoms with van der Waals surface area (Å²) in [5, 5.41) is 3.37. The second kappa shape index (κ2) is 7.36. The summed E-state index contributed by atoms with van der Waals surface area (Å²) in [6.45, 7) is 2.33. The van der Waals surface area contributed by atoms with Crippen LogP contribution in [0.25, 0.3) is 0 Å². The fourth-order valence-corrected chi connectivity index (χ4v) is 4.98. The molecule has 1 saturated heterocycles.